The summed E-state index contributed by atoms with van der Waals surface area (Å²) in [6.45, 7) is 2.65. The third kappa shape index (κ3) is 2.19. The minimum atomic E-state index is 0.109. The molecule has 0 spiro atoms. The molecular weight excluding hydrogens is 326 g/mol. The number of aromatic nitrogens is 4. The van der Waals surface area contributed by atoms with Crippen LogP contribution in [0.4, 0.5) is 5.95 Å². The number of hydrogen-bond donors (Lipinski definition) is 1. The molecule has 1 N–H and O–H groups in total. The number of tetrazole rings is 1. The molecule has 0 radical (unpaired) electrons. The number of likely N-dealkylation sites (tertiary alicyclic amines) is 1. The van der Waals surface area contributed by atoms with E-state index >= 15 is 0 Å². The van der Waals surface area contributed by atoms with Crippen LogP contribution >= 0.6 is 11.8 Å². The van der Waals surface area contributed by atoms with Gasteiger partial charge in [-0.3, -0.25) is 4.99 Å². The second-order valence-electron chi connectivity index (χ2n) is 6.24. The molecule has 9 heteroatoms. The molecule has 1 saturated heterocycles. The van der Waals surface area contributed by atoms with Crippen molar-refractivity contribution in [3.8, 4) is 0 Å². The third-order valence-corrected chi connectivity index (χ3v) is 6.14. The highest BCUT2D eigenvalue weighted by Crippen LogP contribution is 2.51. The first-order chi connectivity index (χ1) is 11.8. The molecule has 24 heavy (non-hydrogen) atoms. The maximum atomic E-state index is 5.40. The molecule has 8 nitrogen and oxygen atoms in total. The number of aliphatic imine (C=N–C) groups is 1. The van der Waals surface area contributed by atoms with Crippen molar-refractivity contribution < 1.29 is 4.42 Å². The van der Waals surface area contributed by atoms with Gasteiger partial charge >= 0.3 is 0 Å². The summed E-state index contributed by atoms with van der Waals surface area (Å²) in [7, 11) is 2.18. The summed E-state index contributed by atoms with van der Waals surface area (Å²) in [6.07, 6.45) is 2.74. The summed E-state index contributed by atoms with van der Waals surface area (Å²) in [5.41, 5.74) is 2.74. The van der Waals surface area contributed by atoms with Crippen LogP contribution in [0.1, 0.15) is 17.6 Å². The van der Waals surface area contributed by atoms with Gasteiger partial charge in [0.05, 0.1) is 12.8 Å². The van der Waals surface area contributed by atoms with Crippen LogP contribution < -0.4 is 5.32 Å². The Labute approximate surface area is 143 Å². The first-order valence-electron chi connectivity index (χ1n) is 7.98. The molecule has 3 aliphatic heterocycles. The minimum absolute atomic E-state index is 0.109. The summed E-state index contributed by atoms with van der Waals surface area (Å²) >= 11 is 1.92. The normalized spacial score (nSPS) is 27.8. The van der Waals surface area contributed by atoms with Gasteiger partial charge in [0, 0.05) is 23.9 Å². The number of anilines is 1. The Balaban J connectivity index is 1.56. The Bertz CT molecular complexity index is 825. The van der Waals surface area contributed by atoms with Crippen molar-refractivity contribution >= 4 is 23.5 Å². The first kappa shape index (κ1) is 14.2. The van der Waals surface area contributed by atoms with E-state index in [2.05, 4.69) is 32.8 Å². The van der Waals surface area contributed by atoms with E-state index in [1.165, 1.54) is 11.1 Å². The van der Waals surface area contributed by atoms with Crippen LogP contribution in [0.3, 0.4) is 0 Å². The van der Waals surface area contributed by atoms with Gasteiger partial charge < -0.3 is 14.6 Å². The van der Waals surface area contributed by atoms with E-state index in [1.807, 2.05) is 28.6 Å². The van der Waals surface area contributed by atoms with E-state index in [9.17, 15) is 0 Å². The smallest absolute Gasteiger partial charge is 0.249 e. The Morgan fingerprint density at radius 3 is 3.33 bits per heavy atom. The molecule has 124 valence electrons. The lowest BCUT2D eigenvalue weighted by Crippen LogP contribution is -2.35. The van der Waals surface area contributed by atoms with Gasteiger partial charge in [0.1, 0.15) is 17.0 Å². The number of piperidine rings is 1. The fraction of sp³-hybridized carbons (Fsp3) is 0.467. The van der Waals surface area contributed by atoms with E-state index in [0.717, 1.165) is 31.1 Å². The molecule has 3 aliphatic rings. The predicted molar refractivity (Wildman–Crippen MR) is 90.8 cm³/mol. The Morgan fingerprint density at radius 1 is 1.50 bits per heavy atom. The van der Waals surface area contributed by atoms with Crippen molar-refractivity contribution in [2.45, 2.75) is 23.6 Å². The van der Waals surface area contributed by atoms with Crippen molar-refractivity contribution in [1.82, 2.24) is 25.1 Å². The molecule has 2 aromatic rings. The van der Waals surface area contributed by atoms with Gasteiger partial charge in [-0.2, -0.15) is 4.68 Å². The summed E-state index contributed by atoms with van der Waals surface area (Å²) in [5, 5.41) is 16.0. The molecule has 0 amide bonds. The Kier molecular flexibility index (Phi) is 3.23. The number of amidine groups is 1. The fourth-order valence-electron chi connectivity index (χ4n) is 3.51. The highest BCUT2D eigenvalue weighted by Gasteiger charge is 2.44. The molecular formula is C15H17N7OS. The summed E-state index contributed by atoms with van der Waals surface area (Å²) in [5.74, 6) is 2.39. The van der Waals surface area contributed by atoms with Crippen molar-refractivity contribution in [1.29, 1.82) is 0 Å². The lowest BCUT2D eigenvalue weighted by molar-refractivity contribution is 0.318. The number of rotatable bonds is 2. The number of hydrogen-bond acceptors (Lipinski definition) is 7. The quantitative estimate of drug-likeness (QED) is 0.885. The van der Waals surface area contributed by atoms with Gasteiger partial charge in [-0.1, -0.05) is 5.10 Å². The van der Waals surface area contributed by atoms with Crippen molar-refractivity contribution in [2.24, 2.45) is 4.99 Å². The average molecular weight is 343 g/mol. The molecule has 5 heterocycles. The monoisotopic (exact) mass is 343 g/mol. The second kappa shape index (κ2) is 5.45. The summed E-state index contributed by atoms with van der Waals surface area (Å²) < 4.78 is 7.27. The minimum Gasteiger partial charge on any atom is -0.467 e. The number of nitrogens with zero attached hydrogens (tertiary/aromatic N) is 6. The molecule has 0 bridgehead atoms. The average Bonchev–Trinajstić information content (AvgIpc) is 3.30. The molecule has 5 rings (SSSR count). The molecule has 1 fully saturated rings. The predicted octanol–water partition coefficient (Wildman–Crippen LogP) is 1.54. The highest BCUT2D eigenvalue weighted by atomic mass is 32.2. The van der Waals surface area contributed by atoms with E-state index < -0.39 is 0 Å². The van der Waals surface area contributed by atoms with Crippen molar-refractivity contribution in [3.05, 3.63) is 35.3 Å². The zero-order valence-corrected chi connectivity index (χ0v) is 14.0. The Hall–Kier alpha value is -2.13. The van der Waals surface area contributed by atoms with Crippen LogP contribution in [0, 0.1) is 0 Å². The highest BCUT2D eigenvalue weighted by molar-refractivity contribution is 8.00. The van der Waals surface area contributed by atoms with E-state index in [-0.39, 0.29) is 5.37 Å². The number of thioether (sulfide) groups is 1. The first-order valence-corrected chi connectivity index (χ1v) is 8.93. The van der Waals surface area contributed by atoms with Crippen LogP contribution in [-0.4, -0.2) is 56.3 Å². The maximum absolute atomic E-state index is 5.40. The van der Waals surface area contributed by atoms with E-state index in [4.69, 9.17) is 9.41 Å². The molecule has 0 saturated carbocycles. The van der Waals surface area contributed by atoms with Crippen molar-refractivity contribution in [3.63, 3.8) is 0 Å². The molecule has 2 aromatic heterocycles. The van der Waals surface area contributed by atoms with Crippen molar-refractivity contribution in [2.75, 3.05) is 25.5 Å². The van der Waals surface area contributed by atoms with Gasteiger partial charge in [0.15, 0.2) is 0 Å². The summed E-state index contributed by atoms with van der Waals surface area (Å²) in [6, 6.07) is 3.82. The standard InChI is InChI=1S/C15H17N7OS/c1-21-5-4-10-11(8-21)24-14-12(10)13(16-7-9-3-2-6-23-9)17-15-18-19-20-22(14)15/h2-3,6,11,14H,4-5,7-8H2,1H3,(H,16,17,18,20). The third-order valence-electron chi connectivity index (χ3n) is 4.69. The number of furan rings is 1. The SMILES string of the molecule is CN1CCC2=C3C(=NCc4ccco4)Nc4nnnn4C3SC2C1. The molecule has 0 aromatic carbocycles. The lowest BCUT2D eigenvalue weighted by Gasteiger charge is -2.28. The van der Waals surface area contributed by atoms with Crippen LogP contribution in [0.15, 0.2) is 39.0 Å². The lowest BCUT2D eigenvalue weighted by atomic mass is 9.96. The topological polar surface area (TPSA) is 84.4 Å². The molecule has 2 atom stereocenters. The Morgan fingerprint density at radius 2 is 2.46 bits per heavy atom. The number of fused-ring (bicyclic) bond motifs is 4. The van der Waals surface area contributed by atoms with Gasteiger partial charge in [-0.05, 0) is 41.6 Å². The van der Waals surface area contributed by atoms with E-state index in [0.29, 0.717) is 17.7 Å². The van der Waals surface area contributed by atoms with Crippen LogP contribution in [0.2, 0.25) is 0 Å². The van der Waals surface area contributed by atoms with Gasteiger partial charge in [-0.25, -0.2) is 0 Å². The van der Waals surface area contributed by atoms with Gasteiger partial charge in [-0.15, -0.1) is 11.8 Å². The molecule has 2 unspecified atom stereocenters. The zero-order valence-electron chi connectivity index (χ0n) is 13.2. The largest absolute Gasteiger partial charge is 0.467 e. The van der Waals surface area contributed by atoms with E-state index in [1.54, 1.807) is 6.26 Å². The van der Waals surface area contributed by atoms with Crippen LogP contribution in [0.25, 0.3) is 0 Å². The zero-order chi connectivity index (χ0) is 16.1. The summed E-state index contributed by atoms with van der Waals surface area (Å²) in [4.78, 5) is 7.16. The molecule has 0 aliphatic carbocycles. The van der Waals surface area contributed by atoms with Gasteiger partial charge in [0.2, 0.25) is 5.95 Å². The van der Waals surface area contributed by atoms with Crippen LogP contribution in [-0.2, 0) is 6.54 Å². The second-order valence-corrected chi connectivity index (χ2v) is 7.53. The number of nitrogens with one attached hydrogen (secondary N) is 1. The maximum Gasteiger partial charge on any atom is 0.249 e. The fourth-order valence-corrected chi connectivity index (χ4v) is 5.23. The van der Waals surface area contributed by atoms with Gasteiger partial charge in [0.25, 0.3) is 0 Å². The van der Waals surface area contributed by atoms with Crippen LogP contribution in [0.5, 0.6) is 0 Å².